The van der Waals surface area contributed by atoms with Crippen molar-refractivity contribution in [1.82, 2.24) is 5.32 Å². The number of carbonyl (C=O) groups is 2. The van der Waals surface area contributed by atoms with Gasteiger partial charge in [-0.2, -0.15) is 0 Å². The molecular weight excluding hydrogens is 218 g/mol. The summed E-state index contributed by atoms with van der Waals surface area (Å²) in [5.74, 6) is 0.171. The molecule has 0 aliphatic heterocycles. The van der Waals surface area contributed by atoms with Gasteiger partial charge in [-0.05, 0) is 19.3 Å². The fourth-order valence-corrected chi connectivity index (χ4v) is 2.00. The molecular formula is C13H25NO3. The number of amides is 1. The average Bonchev–Trinajstić information content (AvgIpc) is 2.16. The Morgan fingerprint density at radius 2 is 1.94 bits per heavy atom. The Balaban J connectivity index is 4.22. The molecule has 0 bridgehead atoms. The van der Waals surface area contributed by atoms with Crippen LogP contribution in [0.5, 0.6) is 0 Å². The van der Waals surface area contributed by atoms with Gasteiger partial charge in [0.1, 0.15) is 0 Å². The lowest BCUT2D eigenvalue weighted by molar-refractivity contribution is -0.143. The van der Waals surface area contributed by atoms with Crippen molar-refractivity contribution in [3.05, 3.63) is 0 Å². The Bertz CT molecular complexity index is 241. The van der Waals surface area contributed by atoms with Crippen LogP contribution in [0, 0.1) is 5.92 Å². The van der Waals surface area contributed by atoms with E-state index >= 15 is 0 Å². The molecule has 0 fully saturated rings. The lowest BCUT2D eigenvalue weighted by atomic mass is 9.95. The van der Waals surface area contributed by atoms with Crippen LogP contribution in [0.4, 0.5) is 0 Å². The summed E-state index contributed by atoms with van der Waals surface area (Å²) in [4.78, 5) is 22.5. The van der Waals surface area contributed by atoms with Gasteiger partial charge in [0.15, 0.2) is 0 Å². The van der Waals surface area contributed by atoms with E-state index in [-0.39, 0.29) is 24.3 Å². The fraction of sp³-hybridized carbons (Fsp3) is 0.846. The first-order valence-corrected chi connectivity index (χ1v) is 6.42. The molecule has 0 aromatic carbocycles. The zero-order valence-electron chi connectivity index (χ0n) is 11.4. The number of nitrogens with one attached hydrogen (secondary N) is 1. The van der Waals surface area contributed by atoms with E-state index in [1.54, 1.807) is 6.92 Å². The van der Waals surface area contributed by atoms with Gasteiger partial charge in [-0.25, -0.2) is 0 Å². The molecule has 0 aliphatic rings. The Hall–Kier alpha value is -1.06. The van der Waals surface area contributed by atoms with Crippen molar-refractivity contribution >= 4 is 11.9 Å². The zero-order valence-corrected chi connectivity index (χ0v) is 11.4. The van der Waals surface area contributed by atoms with Crippen molar-refractivity contribution in [1.29, 1.82) is 0 Å². The van der Waals surface area contributed by atoms with Gasteiger partial charge >= 0.3 is 5.97 Å². The third kappa shape index (κ3) is 8.72. The van der Waals surface area contributed by atoms with E-state index in [0.717, 1.165) is 19.3 Å². The zero-order chi connectivity index (χ0) is 13.3. The van der Waals surface area contributed by atoms with Crippen molar-refractivity contribution in [2.45, 2.75) is 59.4 Å². The standard InChI is InChI=1S/C13H25NO3/c1-5-7-10(3)8-12(14-11(4)15)9-13(16)17-6-2/h10,12H,5-9H2,1-4H3,(H,14,15)/t10-,12?/m1/s1. The highest BCUT2D eigenvalue weighted by Crippen LogP contribution is 2.15. The molecule has 1 N–H and O–H groups in total. The van der Waals surface area contributed by atoms with E-state index in [1.165, 1.54) is 6.92 Å². The van der Waals surface area contributed by atoms with E-state index < -0.39 is 0 Å². The van der Waals surface area contributed by atoms with Crippen molar-refractivity contribution in [3.63, 3.8) is 0 Å². The van der Waals surface area contributed by atoms with Crippen LogP contribution in [0.25, 0.3) is 0 Å². The first-order valence-electron chi connectivity index (χ1n) is 6.42. The molecule has 0 aliphatic carbocycles. The van der Waals surface area contributed by atoms with Crippen LogP contribution in [0.2, 0.25) is 0 Å². The maximum Gasteiger partial charge on any atom is 0.307 e. The summed E-state index contributed by atoms with van der Waals surface area (Å²) in [5, 5.41) is 2.82. The summed E-state index contributed by atoms with van der Waals surface area (Å²) in [6, 6.07) is -0.104. The van der Waals surface area contributed by atoms with Gasteiger partial charge in [0, 0.05) is 13.0 Å². The average molecular weight is 243 g/mol. The Morgan fingerprint density at radius 3 is 2.41 bits per heavy atom. The minimum absolute atomic E-state index is 0.0944. The molecule has 0 saturated heterocycles. The predicted octanol–water partition coefficient (Wildman–Crippen LogP) is 2.27. The summed E-state index contributed by atoms with van der Waals surface area (Å²) in [5.41, 5.74) is 0. The van der Waals surface area contributed by atoms with Crippen molar-refractivity contribution < 1.29 is 14.3 Å². The Morgan fingerprint density at radius 1 is 1.29 bits per heavy atom. The second-order valence-electron chi connectivity index (χ2n) is 4.54. The molecule has 2 atom stereocenters. The van der Waals surface area contributed by atoms with Crippen molar-refractivity contribution in [2.75, 3.05) is 6.61 Å². The monoisotopic (exact) mass is 243 g/mol. The highest BCUT2D eigenvalue weighted by Gasteiger charge is 2.18. The molecule has 100 valence electrons. The predicted molar refractivity (Wildman–Crippen MR) is 67.5 cm³/mol. The van der Waals surface area contributed by atoms with Crippen LogP contribution >= 0.6 is 0 Å². The number of carbonyl (C=O) groups excluding carboxylic acids is 2. The third-order valence-corrected chi connectivity index (χ3v) is 2.59. The number of esters is 1. The second-order valence-corrected chi connectivity index (χ2v) is 4.54. The molecule has 0 saturated carbocycles. The normalized spacial score (nSPS) is 13.9. The van der Waals surface area contributed by atoms with Crippen molar-refractivity contribution in [2.24, 2.45) is 5.92 Å². The van der Waals surface area contributed by atoms with Crippen LogP contribution in [-0.4, -0.2) is 24.5 Å². The highest BCUT2D eigenvalue weighted by atomic mass is 16.5. The Labute approximate surface area is 104 Å². The van der Waals surface area contributed by atoms with Gasteiger partial charge in [-0.15, -0.1) is 0 Å². The maximum absolute atomic E-state index is 11.4. The molecule has 0 heterocycles. The van der Waals surface area contributed by atoms with Gasteiger partial charge in [-0.3, -0.25) is 9.59 Å². The minimum Gasteiger partial charge on any atom is -0.466 e. The van der Waals surface area contributed by atoms with Gasteiger partial charge in [0.2, 0.25) is 5.91 Å². The first kappa shape index (κ1) is 15.9. The van der Waals surface area contributed by atoms with Gasteiger partial charge < -0.3 is 10.1 Å². The number of hydrogen-bond acceptors (Lipinski definition) is 3. The minimum atomic E-state index is -0.241. The number of ether oxygens (including phenoxy) is 1. The van der Waals surface area contributed by atoms with Gasteiger partial charge in [0.25, 0.3) is 0 Å². The molecule has 0 spiro atoms. The molecule has 4 nitrogen and oxygen atoms in total. The molecule has 0 aromatic rings. The fourth-order valence-electron chi connectivity index (χ4n) is 2.00. The van der Waals surface area contributed by atoms with Crippen LogP contribution in [0.3, 0.4) is 0 Å². The Kier molecular flexibility index (Phi) is 8.46. The molecule has 0 rings (SSSR count). The van der Waals surface area contributed by atoms with Gasteiger partial charge in [0.05, 0.1) is 13.0 Å². The van der Waals surface area contributed by atoms with Crippen LogP contribution in [0.1, 0.15) is 53.4 Å². The first-order chi connectivity index (χ1) is 7.99. The molecule has 17 heavy (non-hydrogen) atoms. The van der Waals surface area contributed by atoms with Crippen molar-refractivity contribution in [3.8, 4) is 0 Å². The topological polar surface area (TPSA) is 55.4 Å². The molecule has 0 aromatic heterocycles. The summed E-state index contributed by atoms with van der Waals surface area (Å²) < 4.78 is 4.91. The summed E-state index contributed by atoms with van der Waals surface area (Å²) >= 11 is 0. The highest BCUT2D eigenvalue weighted by molar-refractivity contribution is 5.75. The summed E-state index contributed by atoms with van der Waals surface area (Å²) in [6.07, 6.45) is 3.32. The largest absolute Gasteiger partial charge is 0.466 e. The van der Waals surface area contributed by atoms with E-state index in [2.05, 4.69) is 19.2 Å². The molecule has 4 heteroatoms. The van der Waals surface area contributed by atoms with Gasteiger partial charge in [-0.1, -0.05) is 26.7 Å². The third-order valence-electron chi connectivity index (χ3n) is 2.59. The lowest BCUT2D eigenvalue weighted by Gasteiger charge is -2.20. The second kappa shape index (κ2) is 9.02. The SMILES string of the molecule is CCC[C@@H](C)CC(CC(=O)OCC)NC(C)=O. The number of rotatable bonds is 8. The van der Waals surface area contributed by atoms with E-state index in [0.29, 0.717) is 12.5 Å². The quantitative estimate of drug-likeness (QED) is 0.665. The van der Waals surface area contributed by atoms with E-state index in [1.807, 2.05) is 0 Å². The number of hydrogen-bond donors (Lipinski definition) is 1. The summed E-state index contributed by atoms with van der Waals surface area (Å²) in [7, 11) is 0. The maximum atomic E-state index is 11.4. The van der Waals surface area contributed by atoms with Crippen LogP contribution in [-0.2, 0) is 14.3 Å². The van der Waals surface area contributed by atoms with Crippen LogP contribution in [0.15, 0.2) is 0 Å². The molecule has 1 unspecified atom stereocenters. The van der Waals surface area contributed by atoms with Crippen LogP contribution < -0.4 is 5.32 Å². The summed E-state index contributed by atoms with van der Waals surface area (Å²) in [6.45, 7) is 7.92. The van der Waals surface area contributed by atoms with E-state index in [4.69, 9.17) is 4.74 Å². The smallest absolute Gasteiger partial charge is 0.307 e. The molecule has 0 radical (unpaired) electrons. The molecule has 1 amide bonds. The lowest BCUT2D eigenvalue weighted by Crippen LogP contribution is -2.36. The van der Waals surface area contributed by atoms with E-state index in [9.17, 15) is 9.59 Å².